The first-order chi connectivity index (χ1) is 7.47. The Morgan fingerprint density at radius 2 is 2.31 bits per heavy atom. The third-order valence-corrected chi connectivity index (χ3v) is 3.11. The summed E-state index contributed by atoms with van der Waals surface area (Å²) < 4.78 is 25.3. The minimum Gasteiger partial charge on any atom is -0.477 e. The predicted octanol–water partition coefficient (Wildman–Crippen LogP) is 0.0145. The number of carboxylic acids is 1. The average molecular weight is 242 g/mol. The van der Waals surface area contributed by atoms with Crippen LogP contribution >= 0.6 is 0 Å². The molecule has 1 aromatic heterocycles. The van der Waals surface area contributed by atoms with Gasteiger partial charge in [0.15, 0.2) is 0 Å². The van der Waals surface area contributed by atoms with E-state index in [0.717, 1.165) is 12.3 Å². The molecule has 0 atom stereocenters. The molecule has 6 nitrogen and oxygen atoms in total. The first-order valence-electron chi connectivity index (χ1n) is 4.28. The van der Waals surface area contributed by atoms with Gasteiger partial charge in [-0.3, -0.25) is 0 Å². The van der Waals surface area contributed by atoms with Gasteiger partial charge in [0.05, 0.1) is 6.54 Å². The Kier molecular flexibility index (Phi) is 3.71. The Balaban J connectivity index is 2.88. The molecule has 0 aliphatic carbocycles. The number of aromatic carboxylic acids is 1. The van der Waals surface area contributed by atoms with Gasteiger partial charge in [0.1, 0.15) is 10.6 Å². The molecule has 7 heteroatoms. The van der Waals surface area contributed by atoms with Crippen LogP contribution in [0.2, 0.25) is 0 Å². The van der Waals surface area contributed by atoms with Gasteiger partial charge in [0.2, 0.25) is 10.0 Å². The summed E-state index contributed by atoms with van der Waals surface area (Å²) in [6.45, 7) is 1.58. The van der Waals surface area contributed by atoms with Crippen molar-refractivity contribution in [2.24, 2.45) is 0 Å². The van der Waals surface area contributed by atoms with Crippen molar-refractivity contribution >= 4 is 16.0 Å². The molecule has 1 heterocycles. The molecule has 0 amide bonds. The normalized spacial score (nSPS) is 10.6. The minimum absolute atomic E-state index is 0.00752. The molecule has 0 unspecified atom stereocenters. The number of hydrogen-bond acceptors (Lipinski definition) is 3. The Bertz CT molecular complexity index is 548. The maximum atomic E-state index is 11.6. The number of aromatic amines is 1. The molecule has 0 aromatic carbocycles. The summed E-state index contributed by atoms with van der Waals surface area (Å²) in [5.41, 5.74) is -0.179. The fourth-order valence-electron chi connectivity index (χ4n) is 0.956. The van der Waals surface area contributed by atoms with Gasteiger partial charge in [-0.15, -0.1) is 5.92 Å². The third kappa shape index (κ3) is 2.85. The van der Waals surface area contributed by atoms with E-state index in [-0.39, 0.29) is 17.1 Å². The minimum atomic E-state index is -3.69. The molecule has 16 heavy (non-hydrogen) atoms. The molecule has 86 valence electrons. The van der Waals surface area contributed by atoms with Crippen LogP contribution in [0.25, 0.3) is 0 Å². The SMILES string of the molecule is CC#CCNS(=O)(=O)c1c[nH]c(C(=O)O)c1. The largest absolute Gasteiger partial charge is 0.477 e. The van der Waals surface area contributed by atoms with E-state index in [1.165, 1.54) is 0 Å². The number of carboxylic acid groups (broad SMARTS) is 1. The van der Waals surface area contributed by atoms with Crippen molar-refractivity contribution in [3.8, 4) is 11.8 Å². The van der Waals surface area contributed by atoms with Gasteiger partial charge >= 0.3 is 5.97 Å². The highest BCUT2D eigenvalue weighted by Gasteiger charge is 2.17. The van der Waals surface area contributed by atoms with Crippen molar-refractivity contribution in [1.29, 1.82) is 0 Å². The first kappa shape index (κ1) is 12.3. The summed E-state index contributed by atoms with van der Waals surface area (Å²) in [5.74, 6) is 3.86. The molecular weight excluding hydrogens is 232 g/mol. The lowest BCUT2D eigenvalue weighted by Gasteiger charge is -1.99. The van der Waals surface area contributed by atoms with Gasteiger partial charge in [-0.05, 0) is 13.0 Å². The fraction of sp³-hybridized carbons (Fsp3) is 0.222. The quantitative estimate of drug-likeness (QED) is 0.648. The van der Waals surface area contributed by atoms with Crippen molar-refractivity contribution in [1.82, 2.24) is 9.71 Å². The van der Waals surface area contributed by atoms with Crippen LogP contribution in [0, 0.1) is 11.8 Å². The Hall–Kier alpha value is -1.78. The number of rotatable bonds is 4. The molecule has 0 bridgehead atoms. The Labute approximate surface area is 92.7 Å². The molecule has 1 rings (SSSR count). The maximum absolute atomic E-state index is 11.6. The van der Waals surface area contributed by atoms with E-state index in [0.29, 0.717) is 0 Å². The van der Waals surface area contributed by atoms with Gasteiger partial charge < -0.3 is 10.1 Å². The van der Waals surface area contributed by atoms with Crippen molar-refractivity contribution in [3.05, 3.63) is 18.0 Å². The topological polar surface area (TPSA) is 99.3 Å². The zero-order valence-corrected chi connectivity index (χ0v) is 9.26. The molecular formula is C9H10N2O4S. The summed E-state index contributed by atoms with van der Waals surface area (Å²) in [5, 5.41) is 8.61. The predicted molar refractivity (Wildman–Crippen MR) is 56.4 cm³/mol. The maximum Gasteiger partial charge on any atom is 0.352 e. The molecule has 3 N–H and O–H groups in total. The molecule has 1 aromatic rings. The molecule has 0 radical (unpaired) electrons. The lowest BCUT2D eigenvalue weighted by Crippen LogP contribution is -2.23. The van der Waals surface area contributed by atoms with Crippen LogP contribution in [0.15, 0.2) is 17.2 Å². The molecule has 0 aliphatic heterocycles. The number of carbonyl (C=O) groups is 1. The average Bonchev–Trinajstić information content (AvgIpc) is 2.67. The van der Waals surface area contributed by atoms with Crippen LogP contribution in [-0.2, 0) is 10.0 Å². The van der Waals surface area contributed by atoms with Crippen LogP contribution < -0.4 is 4.72 Å². The van der Waals surface area contributed by atoms with Crippen molar-refractivity contribution in [2.45, 2.75) is 11.8 Å². The van der Waals surface area contributed by atoms with Crippen molar-refractivity contribution in [3.63, 3.8) is 0 Å². The zero-order chi connectivity index (χ0) is 12.2. The Morgan fingerprint density at radius 3 is 2.81 bits per heavy atom. The first-order valence-corrected chi connectivity index (χ1v) is 5.76. The van der Waals surface area contributed by atoms with Gasteiger partial charge in [0, 0.05) is 6.20 Å². The van der Waals surface area contributed by atoms with Gasteiger partial charge in [-0.2, -0.15) is 4.72 Å². The van der Waals surface area contributed by atoms with E-state index in [9.17, 15) is 13.2 Å². The summed E-state index contributed by atoms with van der Waals surface area (Å²) >= 11 is 0. The van der Waals surface area contributed by atoms with Gasteiger partial charge in [-0.25, -0.2) is 13.2 Å². The highest BCUT2D eigenvalue weighted by Crippen LogP contribution is 2.09. The number of hydrogen-bond donors (Lipinski definition) is 3. The second-order valence-corrected chi connectivity index (χ2v) is 4.57. The lowest BCUT2D eigenvalue weighted by molar-refractivity contribution is 0.0691. The molecule has 0 saturated heterocycles. The van der Waals surface area contributed by atoms with E-state index in [2.05, 4.69) is 21.5 Å². The molecule has 0 fully saturated rings. The van der Waals surface area contributed by atoms with Crippen LogP contribution in [0.3, 0.4) is 0 Å². The van der Waals surface area contributed by atoms with Crippen molar-refractivity contribution in [2.75, 3.05) is 6.54 Å². The lowest BCUT2D eigenvalue weighted by atomic mass is 10.4. The van der Waals surface area contributed by atoms with E-state index >= 15 is 0 Å². The second-order valence-electron chi connectivity index (χ2n) is 2.81. The van der Waals surface area contributed by atoms with E-state index in [4.69, 9.17) is 5.11 Å². The smallest absolute Gasteiger partial charge is 0.352 e. The summed E-state index contributed by atoms with van der Waals surface area (Å²) in [7, 11) is -3.69. The van der Waals surface area contributed by atoms with Crippen LogP contribution in [-0.4, -0.2) is 31.0 Å². The van der Waals surface area contributed by atoms with Crippen LogP contribution in [0.4, 0.5) is 0 Å². The molecule has 0 spiro atoms. The third-order valence-electron chi connectivity index (χ3n) is 1.72. The fourth-order valence-corrected chi connectivity index (χ4v) is 1.87. The van der Waals surface area contributed by atoms with E-state index in [1.54, 1.807) is 6.92 Å². The Morgan fingerprint density at radius 1 is 1.62 bits per heavy atom. The van der Waals surface area contributed by atoms with E-state index < -0.39 is 16.0 Å². The number of nitrogens with one attached hydrogen (secondary N) is 2. The van der Waals surface area contributed by atoms with Crippen LogP contribution in [0.5, 0.6) is 0 Å². The van der Waals surface area contributed by atoms with E-state index in [1.807, 2.05) is 0 Å². The van der Waals surface area contributed by atoms with Gasteiger partial charge in [0.25, 0.3) is 0 Å². The highest BCUT2D eigenvalue weighted by atomic mass is 32.2. The summed E-state index contributed by atoms with van der Waals surface area (Å²) in [6.07, 6.45) is 1.12. The second kappa shape index (κ2) is 4.83. The zero-order valence-electron chi connectivity index (χ0n) is 8.44. The summed E-state index contributed by atoms with van der Waals surface area (Å²) in [6, 6.07) is 1.05. The molecule has 0 aliphatic rings. The van der Waals surface area contributed by atoms with Gasteiger partial charge in [-0.1, -0.05) is 5.92 Å². The highest BCUT2D eigenvalue weighted by molar-refractivity contribution is 7.89. The number of aromatic nitrogens is 1. The number of sulfonamides is 1. The molecule has 0 saturated carbocycles. The van der Waals surface area contributed by atoms with Crippen molar-refractivity contribution < 1.29 is 18.3 Å². The van der Waals surface area contributed by atoms with Crippen LogP contribution in [0.1, 0.15) is 17.4 Å². The monoisotopic (exact) mass is 242 g/mol. The summed E-state index contributed by atoms with van der Waals surface area (Å²) in [4.78, 5) is 12.8. The number of H-pyrrole nitrogens is 1. The standard InChI is InChI=1S/C9H10N2O4S/c1-2-3-4-11-16(14,15)7-5-8(9(12)13)10-6-7/h5-6,10-11H,4H2,1H3,(H,12,13).